The smallest absolute Gasteiger partial charge is 0.331 e. The van der Waals surface area contributed by atoms with Gasteiger partial charge in [-0.2, -0.15) is 0 Å². The molecule has 1 amide bonds. The van der Waals surface area contributed by atoms with Gasteiger partial charge < -0.3 is 20.6 Å². The van der Waals surface area contributed by atoms with E-state index >= 15 is 0 Å². The van der Waals surface area contributed by atoms with E-state index < -0.39 is 29.4 Å². The maximum Gasteiger partial charge on any atom is 0.331 e. The lowest BCUT2D eigenvalue weighted by Crippen LogP contribution is -2.33. The van der Waals surface area contributed by atoms with E-state index in [0.717, 1.165) is 0 Å². The van der Waals surface area contributed by atoms with Crippen molar-refractivity contribution >= 4 is 23.2 Å². The number of aliphatic carboxylic acids is 1. The summed E-state index contributed by atoms with van der Waals surface area (Å²) in [6.45, 7) is 0. The topological polar surface area (TPSA) is 107 Å². The predicted octanol–water partition coefficient (Wildman–Crippen LogP) is 1.71. The van der Waals surface area contributed by atoms with Gasteiger partial charge in [0, 0.05) is 4.88 Å². The van der Waals surface area contributed by atoms with Gasteiger partial charge in [0.2, 0.25) is 0 Å². The van der Waals surface area contributed by atoms with E-state index in [9.17, 15) is 19.8 Å². The molecular weight excluding hydrogens is 282 g/mol. The Morgan fingerprint density at radius 2 is 1.75 bits per heavy atom. The number of nitrogens with one attached hydrogen (secondary N) is 1. The fourth-order valence-corrected chi connectivity index (χ4v) is 2.44. The molecule has 0 saturated heterocycles. The third-order valence-electron chi connectivity index (χ3n) is 2.60. The van der Waals surface area contributed by atoms with Crippen LogP contribution in [0.5, 0.6) is 11.5 Å². The van der Waals surface area contributed by atoms with Crippen molar-refractivity contribution in [1.82, 2.24) is 5.32 Å². The zero-order valence-electron chi connectivity index (χ0n) is 10.1. The van der Waals surface area contributed by atoms with Crippen LogP contribution in [0.25, 0.3) is 0 Å². The molecule has 0 fully saturated rings. The van der Waals surface area contributed by atoms with Crippen LogP contribution in [0.3, 0.4) is 0 Å². The Morgan fingerprint density at radius 1 is 1.10 bits per heavy atom. The second-order valence-corrected chi connectivity index (χ2v) is 4.91. The molecule has 1 aromatic heterocycles. The molecule has 4 N–H and O–H groups in total. The zero-order chi connectivity index (χ0) is 14.7. The van der Waals surface area contributed by atoms with Crippen molar-refractivity contribution < 1.29 is 24.9 Å². The number of hydrogen-bond acceptors (Lipinski definition) is 5. The summed E-state index contributed by atoms with van der Waals surface area (Å²) >= 11 is 1.18. The van der Waals surface area contributed by atoms with E-state index in [1.807, 2.05) is 0 Å². The van der Waals surface area contributed by atoms with Gasteiger partial charge in [0.1, 0.15) is 17.1 Å². The minimum atomic E-state index is -1.23. The molecule has 1 aromatic carbocycles. The van der Waals surface area contributed by atoms with Gasteiger partial charge in [-0.05, 0) is 23.6 Å². The number of thiophene rings is 1. The molecule has 0 saturated carbocycles. The minimum absolute atomic E-state index is 0.352. The average molecular weight is 293 g/mol. The molecule has 6 nitrogen and oxygen atoms in total. The van der Waals surface area contributed by atoms with E-state index in [4.69, 9.17) is 5.11 Å². The molecule has 104 valence electrons. The lowest BCUT2D eigenvalue weighted by atomic mass is 10.1. The van der Waals surface area contributed by atoms with Gasteiger partial charge in [0.25, 0.3) is 5.91 Å². The number of amides is 1. The molecule has 0 bridgehead atoms. The van der Waals surface area contributed by atoms with Crippen molar-refractivity contribution in [2.45, 2.75) is 6.04 Å². The number of phenols is 2. The number of aromatic hydroxyl groups is 2. The van der Waals surface area contributed by atoms with Gasteiger partial charge >= 0.3 is 5.97 Å². The van der Waals surface area contributed by atoms with E-state index in [0.29, 0.717) is 4.88 Å². The van der Waals surface area contributed by atoms with Gasteiger partial charge in [0.15, 0.2) is 6.04 Å². The number of phenolic OH excluding ortho intramolecular Hbond substituents is 2. The largest absolute Gasteiger partial charge is 0.507 e. The van der Waals surface area contributed by atoms with Crippen LogP contribution in [-0.4, -0.2) is 27.2 Å². The number of carboxylic acids is 1. The summed E-state index contributed by atoms with van der Waals surface area (Å²) in [5, 5.41) is 32.3. The van der Waals surface area contributed by atoms with E-state index in [2.05, 4.69) is 5.32 Å². The maximum absolute atomic E-state index is 12.0. The minimum Gasteiger partial charge on any atom is -0.507 e. The van der Waals surface area contributed by atoms with Crippen LogP contribution in [0.2, 0.25) is 0 Å². The van der Waals surface area contributed by atoms with E-state index in [1.165, 1.54) is 29.5 Å². The first-order valence-corrected chi connectivity index (χ1v) is 6.46. The molecule has 0 radical (unpaired) electrons. The van der Waals surface area contributed by atoms with Crippen LogP contribution < -0.4 is 5.32 Å². The van der Waals surface area contributed by atoms with Gasteiger partial charge in [-0.3, -0.25) is 4.79 Å². The summed E-state index contributed by atoms with van der Waals surface area (Å²) in [4.78, 5) is 23.7. The molecule has 1 atom stereocenters. The van der Waals surface area contributed by atoms with E-state index in [-0.39, 0.29) is 5.56 Å². The fourth-order valence-electron chi connectivity index (χ4n) is 1.67. The molecule has 0 aliphatic heterocycles. The summed E-state index contributed by atoms with van der Waals surface area (Å²) in [6, 6.07) is 5.84. The third kappa shape index (κ3) is 2.72. The van der Waals surface area contributed by atoms with Crippen LogP contribution in [0.4, 0.5) is 0 Å². The number of benzene rings is 1. The molecular formula is C13H11NO5S. The van der Waals surface area contributed by atoms with Crippen molar-refractivity contribution in [2.24, 2.45) is 0 Å². The first-order chi connectivity index (χ1) is 9.50. The Morgan fingerprint density at radius 3 is 2.25 bits per heavy atom. The highest BCUT2D eigenvalue weighted by atomic mass is 32.1. The van der Waals surface area contributed by atoms with Crippen LogP contribution in [0.15, 0.2) is 35.7 Å². The molecule has 1 unspecified atom stereocenters. The summed E-state index contributed by atoms with van der Waals surface area (Å²) in [6.07, 6.45) is 0. The monoisotopic (exact) mass is 293 g/mol. The summed E-state index contributed by atoms with van der Waals surface area (Å²) < 4.78 is 0. The van der Waals surface area contributed by atoms with E-state index in [1.54, 1.807) is 17.5 Å². The number of carboxylic acid groups (broad SMARTS) is 1. The van der Waals surface area contributed by atoms with Crippen molar-refractivity contribution in [3.63, 3.8) is 0 Å². The van der Waals surface area contributed by atoms with Gasteiger partial charge in [-0.15, -0.1) is 11.3 Å². The quantitative estimate of drug-likeness (QED) is 0.686. The fraction of sp³-hybridized carbons (Fsp3) is 0.0769. The Hall–Kier alpha value is -2.54. The highest BCUT2D eigenvalue weighted by Crippen LogP contribution is 2.27. The zero-order valence-corrected chi connectivity index (χ0v) is 10.9. The molecule has 0 aliphatic carbocycles. The molecule has 20 heavy (non-hydrogen) atoms. The van der Waals surface area contributed by atoms with Crippen LogP contribution >= 0.6 is 11.3 Å². The maximum atomic E-state index is 12.0. The second-order valence-electron chi connectivity index (χ2n) is 3.93. The molecule has 2 rings (SSSR count). The number of carbonyl (C=O) groups is 2. The summed E-state index contributed by atoms with van der Waals surface area (Å²) in [5.74, 6) is -2.92. The molecule has 0 aliphatic rings. The standard InChI is InChI=1S/C13H11NO5S/c15-7-3-1-4-8(16)10(7)12(17)14-11(13(18)19)9-5-2-6-20-9/h1-6,11,15-16H,(H,14,17)(H,18,19). The van der Waals surface area contributed by atoms with Crippen molar-refractivity contribution in [3.8, 4) is 11.5 Å². The van der Waals surface area contributed by atoms with Gasteiger partial charge in [-0.25, -0.2) is 4.79 Å². The SMILES string of the molecule is O=C(NC(C(=O)O)c1cccs1)c1c(O)cccc1O. The Labute approximate surface area is 117 Å². The number of carbonyl (C=O) groups excluding carboxylic acids is 1. The van der Waals surface area contributed by atoms with Gasteiger partial charge in [-0.1, -0.05) is 12.1 Å². The summed E-state index contributed by atoms with van der Waals surface area (Å²) in [5.41, 5.74) is -0.352. The Bertz CT molecular complexity index is 618. The lowest BCUT2D eigenvalue weighted by Gasteiger charge is -2.14. The highest BCUT2D eigenvalue weighted by molar-refractivity contribution is 7.10. The Kier molecular flexibility index (Phi) is 3.90. The van der Waals surface area contributed by atoms with Crippen LogP contribution in [0.1, 0.15) is 21.3 Å². The number of rotatable bonds is 4. The predicted molar refractivity (Wildman–Crippen MR) is 71.9 cm³/mol. The third-order valence-corrected chi connectivity index (χ3v) is 3.53. The molecule has 7 heteroatoms. The van der Waals surface area contributed by atoms with Crippen LogP contribution in [-0.2, 0) is 4.79 Å². The van der Waals surface area contributed by atoms with Crippen molar-refractivity contribution in [2.75, 3.05) is 0 Å². The Balaban J connectivity index is 2.28. The number of hydrogen-bond donors (Lipinski definition) is 4. The van der Waals surface area contributed by atoms with Gasteiger partial charge in [0.05, 0.1) is 0 Å². The second kappa shape index (κ2) is 5.62. The highest BCUT2D eigenvalue weighted by Gasteiger charge is 2.26. The average Bonchev–Trinajstić information content (AvgIpc) is 2.88. The summed E-state index contributed by atoms with van der Waals surface area (Å²) in [7, 11) is 0. The van der Waals surface area contributed by atoms with Crippen molar-refractivity contribution in [1.29, 1.82) is 0 Å². The molecule has 0 spiro atoms. The molecule has 1 heterocycles. The van der Waals surface area contributed by atoms with Crippen molar-refractivity contribution in [3.05, 3.63) is 46.2 Å². The van der Waals surface area contributed by atoms with Crippen LogP contribution in [0, 0.1) is 0 Å². The first-order valence-electron chi connectivity index (χ1n) is 5.58. The normalized spacial score (nSPS) is 11.8. The molecule has 2 aromatic rings. The first kappa shape index (κ1) is 13.9. The lowest BCUT2D eigenvalue weighted by molar-refractivity contribution is -0.139.